The summed E-state index contributed by atoms with van der Waals surface area (Å²) in [6.45, 7) is 0.303. The summed E-state index contributed by atoms with van der Waals surface area (Å²) in [5, 5.41) is 0. The molecule has 0 spiro atoms. The average Bonchev–Trinajstić information content (AvgIpc) is 2.92. The van der Waals surface area contributed by atoms with Crippen molar-refractivity contribution >= 4 is 5.78 Å². The van der Waals surface area contributed by atoms with Crippen molar-refractivity contribution in [2.24, 2.45) is 5.92 Å². The van der Waals surface area contributed by atoms with Crippen molar-refractivity contribution in [3.8, 4) is 11.5 Å². The fourth-order valence-electron chi connectivity index (χ4n) is 2.75. The van der Waals surface area contributed by atoms with Crippen LogP contribution >= 0.6 is 0 Å². The molecule has 0 saturated heterocycles. The standard InChI is InChI=1S/C16H18O4/c1-18-14-7-12(6-13(17)9-14)3-2-11-4-5-15-16(8-11)20-10-19-15/h4-5,8-9,12H,2-3,6-7,10H2,1H3. The van der Waals surface area contributed by atoms with Crippen LogP contribution in [0.4, 0.5) is 0 Å². The van der Waals surface area contributed by atoms with E-state index >= 15 is 0 Å². The van der Waals surface area contributed by atoms with Gasteiger partial charge in [-0.1, -0.05) is 6.07 Å². The van der Waals surface area contributed by atoms with E-state index in [0.29, 0.717) is 19.1 Å². The van der Waals surface area contributed by atoms with Crippen molar-refractivity contribution < 1.29 is 19.0 Å². The van der Waals surface area contributed by atoms with Gasteiger partial charge in [0.2, 0.25) is 6.79 Å². The molecule has 1 aliphatic carbocycles. The fraction of sp³-hybridized carbons (Fsp3) is 0.438. The number of hydrogen-bond donors (Lipinski definition) is 0. The topological polar surface area (TPSA) is 44.8 Å². The second kappa shape index (κ2) is 5.57. The number of ketones is 1. The zero-order chi connectivity index (χ0) is 13.9. The molecule has 1 aromatic rings. The molecule has 0 aromatic heterocycles. The third kappa shape index (κ3) is 2.79. The van der Waals surface area contributed by atoms with Crippen LogP contribution in [0, 0.1) is 5.92 Å². The van der Waals surface area contributed by atoms with Crippen LogP contribution in [0.5, 0.6) is 11.5 Å². The molecule has 3 rings (SSSR count). The van der Waals surface area contributed by atoms with Gasteiger partial charge < -0.3 is 14.2 Å². The van der Waals surface area contributed by atoms with Crippen molar-refractivity contribution in [3.05, 3.63) is 35.6 Å². The van der Waals surface area contributed by atoms with Gasteiger partial charge >= 0.3 is 0 Å². The number of methoxy groups -OCH3 is 1. The summed E-state index contributed by atoms with van der Waals surface area (Å²) in [5.41, 5.74) is 1.22. The first-order valence-corrected chi connectivity index (χ1v) is 6.90. The predicted octanol–water partition coefficient (Wildman–Crippen LogP) is 2.86. The third-order valence-corrected chi connectivity index (χ3v) is 3.84. The molecule has 0 radical (unpaired) electrons. The molecule has 1 atom stereocenters. The monoisotopic (exact) mass is 274 g/mol. The molecule has 4 nitrogen and oxygen atoms in total. The van der Waals surface area contributed by atoms with Gasteiger partial charge in [-0.05, 0) is 36.5 Å². The zero-order valence-corrected chi connectivity index (χ0v) is 11.6. The SMILES string of the molecule is COC1=CC(=O)CC(CCc2ccc3c(c2)OCO3)C1. The summed E-state index contributed by atoms with van der Waals surface area (Å²) in [5.74, 6) is 2.97. The lowest BCUT2D eigenvalue weighted by molar-refractivity contribution is -0.116. The van der Waals surface area contributed by atoms with Crippen LogP contribution in [0.3, 0.4) is 0 Å². The van der Waals surface area contributed by atoms with E-state index in [1.807, 2.05) is 12.1 Å². The number of hydrogen-bond acceptors (Lipinski definition) is 4. The summed E-state index contributed by atoms with van der Waals surface area (Å²) < 4.78 is 15.9. The Bertz CT molecular complexity index is 547. The van der Waals surface area contributed by atoms with Gasteiger partial charge in [-0.3, -0.25) is 4.79 Å². The summed E-state index contributed by atoms with van der Waals surface area (Å²) >= 11 is 0. The molecule has 0 N–H and O–H groups in total. The molecule has 4 heteroatoms. The van der Waals surface area contributed by atoms with Crippen LogP contribution in [0.1, 0.15) is 24.8 Å². The lowest BCUT2D eigenvalue weighted by Gasteiger charge is -2.21. The van der Waals surface area contributed by atoms with Gasteiger partial charge in [0.1, 0.15) is 0 Å². The van der Waals surface area contributed by atoms with E-state index in [2.05, 4.69) is 6.07 Å². The summed E-state index contributed by atoms with van der Waals surface area (Å²) in [4.78, 5) is 11.6. The highest BCUT2D eigenvalue weighted by atomic mass is 16.7. The lowest BCUT2D eigenvalue weighted by atomic mass is 9.87. The molecule has 20 heavy (non-hydrogen) atoms. The predicted molar refractivity (Wildman–Crippen MR) is 73.7 cm³/mol. The van der Waals surface area contributed by atoms with E-state index in [1.54, 1.807) is 13.2 Å². The van der Waals surface area contributed by atoms with Crippen LogP contribution in [0.25, 0.3) is 0 Å². The quantitative estimate of drug-likeness (QED) is 0.847. The Morgan fingerprint density at radius 3 is 2.95 bits per heavy atom. The van der Waals surface area contributed by atoms with Crippen LogP contribution in [-0.4, -0.2) is 19.7 Å². The summed E-state index contributed by atoms with van der Waals surface area (Å²) in [6.07, 6.45) is 5.01. The second-order valence-corrected chi connectivity index (χ2v) is 5.28. The Morgan fingerprint density at radius 2 is 2.10 bits per heavy atom. The van der Waals surface area contributed by atoms with Gasteiger partial charge in [0, 0.05) is 18.9 Å². The van der Waals surface area contributed by atoms with Gasteiger partial charge in [-0.15, -0.1) is 0 Å². The summed E-state index contributed by atoms with van der Waals surface area (Å²) in [7, 11) is 1.62. The lowest BCUT2D eigenvalue weighted by Crippen LogP contribution is -2.15. The van der Waals surface area contributed by atoms with E-state index in [9.17, 15) is 4.79 Å². The van der Waals surface area contributed by atoms with Gasteiger partial charge in [-0.2, -0.15) is 0 Å². The highest BCUT2D eigenvalue weighted by Gasteiger charge is 2.21. The second-order valence-electron chi connectivity index (χ2n) is 5.28. The summed E-state index contributed by atoms with van der Waals surface area (Å²) in [6, 6.07) is 6.04. The number of fused-ring (bicyclic) bond motifs is 1. The maximum absolute atomic E-state index is 11.6. The van der Waals surface area contributed by atoms with Gasteiger partial charge in [0.25, 0.3) is 0 Å². The van der Waals surface area contributed by atoms with Crippen molar-refractivity contribution in [2.75, 3.05) is 13.9 Å². The van der Waals surface area contributed by atoms with E-state index in [-0.39, 0.29) is 5.78 Å². The van der Waals surface area contributed by atoms with Crippen molar-refractivity contribution in [1.82, 2.24) is 0 Å². The first kappa shape index (κ1) is 13.0. The highest BCUT2D eigenvalue weighted by Crippen LogP contribution is 2.33. The Kier molecular flexibility index (Phi) is 3.63. The highest BCUT2D eigenvalue weighted by molar-refractivity contribution is 5.91. The largest absolute Gasteiger partial charge is 0.501 e. The maximum atomic E-state index is 11.6. The van der Waals surface area contributed by atoms with Crippen molar-refractivity contribution in [2.45, 2.75) is 25.7 Å². The van der Waals surface area contributed by atoms with Crippen LogP contribution in [0.15, 0.2) is 30.0 Å². The number of carbonyl (C=O) groups excluding carboxylic acids is 1. The zero-order valence-electron chi connectivity index (χ0n) is 11.6. The third-order valence-electron chi connectivity index (χ3n) is 3.84. The van der Waals surface area contributed by atoms with E-state index in [4.69, 9.17) is 14.2 Å². The molecule has 1 aromatic carbocycles. The maximum Gasteiger partial charge on any atom is 0.231 e. The minimum Gasteiger partial charge on any atom is -0.501 e. The molecule has 1 unspecified atom stereocenters. The molecule has 0 bridgehead atoms. The van der Waals surface area contributed by atoms with E-state index < -0.39 is 0 Å². The van der Waals surface area contributed by atoms with Crippen LogP contribution in [-0.2, 0) is 16.0 Å². The number of ether oxygens (including phenoxy) is 3. The number of allylic oxidation sites excluding steroid dienone is 2. The van der Waals surface area contributed by atoms with Gasteiger partial charge in [-0.25, -0.2) is 0 Å². The molecule has 0 fully saturated rings. The Hall–Kier alpha value is -1.97. The van der Waals surface area contributed by atoms with Crippen molar-refractivity contribution in [3.63, 3.8) is 0 Å². The molecular formula is C16H18O4. The molecule has 1 heterocycles. The molecular weight excluding hydrogens is 256 g/mol. The molecule has 0 saturated carbocycles. The Balaban J connectivity index is 1.60. The van der Waals surface area contributed by atoms with Crippen LogP contribution < -0.4 is 9.47 Å². The molecule has 1 aliphatic heterocycles. The molecule has 2 aliphatic rings. The van der Waals surface area contributed by atoms with E-state index in [0.717, 1.165) is 36.5 Å². The molecule has 106 valence electrons. The van der Waals surface area contributed by atoms with Gasteiger partial charge in [0.05, 0.1) is 12.9 Å². The van der Waals surface area contributed by atoms with Gasteiger partial charge in [0.15, 0.2) is 17.3 Å². The Labute approximate surface area is 118 Å². The first-order chi connectivity index (χ1) is 9.74. The molecule has 0 amide bonds. The van der Waals surface area contributed by atoms with Crippen LogP contribution in [0.2, 0.25) is 0 Å². The number of benzene rings is 1. The normalized spacial score (nSPS) is 20.8. The number of rotatable bonds is 4. The smallest absolute Gasteiger partial charge is 0.231 e. The Morgan fingerprint density at radius 1 is 1.25 bits per heavy atom. The average molecular weight is 274 g/mol. The number of aryl methyl sites for hydroxylation is 1. The minimum atomic E-state index is 0.170. The first-order valence-electron chi connectivity index (χ1n) is 6.90. The fourth-order valence-corrected chi connectivity index (χ4v) is 2.75. The minimum absolute atomic E-state index is 0.170. The van der Waals surface area contributed by atoms with E-state index in [1.165, 1.54) is 5.56 Å². The van der Waals surface area contributed by atoms with Crippen molar-refractivity contribution in [1.29, 1.82) is 0 Å². The number of carbonyl (C=O) groups is 1.